The molecule has 0 aliphatic heterocycles. The number of benzene rings is 2. The zero-order valence-corrected chi connectivity index (χ0v) is 10.5. The normalized spacial score (nSPS) is 12.5. The molecule has 0 aromatic heterocycles. The largest absolute Gasteiger partial charge is 0.388 e. The number of aliphatic hydroxyl groups is 1. The van der Waals surface area contributed by atoms with E-state index in [4.69, 9.17) is 11.6 Å². The molecule has 1 unspecified atom stereocenters. The fourth-order valence-corrected chi connectivity index (χ4v) is 1.92. The van der Waals surface area contributed by atoms with Crippen LogP contribution in [0.25, 0.3) is 0 Å². The van der Waals surface area contributed by atoms with E-state index in [1.54, 1.807) is 0 Å². The van der Waals surface area contributed by atoms with E-state index < -0.39 is 23.6 Å². The predicted molar refractivity (Wildman–Crippen MR) is 66.4 cm³/mol. The van der Waals surface area contributed by atoms with Gasteiger partial charge in [0.25, 0.3) is 0 Å². The molecule has 0 aliphatic carbocycles. The highest BCUT2D eigenvalue weighted by Gasteiger charge is 2.12. The highest BCUT2D eigenvalue weighted by molar-refractivity contribution is 6.30. The van der Waals surface area contributed by atoms with Crippen molar-refractivity contribution in [2.45, 2.75) is 12.5 Å². The van der Waals surface area contributed by atoms with Crippen molar-refractivity contribution in [1.82, 2.24) is 0 Å². The molecule has 2 rings (SSSR count). The van der Waals surface area contributed by atoms with Crippen molar-refractivity contribution in [2.24, 2.45) is 0 Å². The van der Waals surface area contributed by atoms with E-state index in [1.165, 1.54) is 18.2 Å². The summed E-state index contributed by atoms with van der Waals surface area (Å²) in [4.78, 5) is 0. The number of rotatable bonds is 3. The van der Waals surface area contributed by atoms with Crippen LogP contribution in [0.2, 0.25) is 5.02 Å². The maximum Gasteiger partial charge on any atom is 0.159 e. The van der Waals surface area contributed by atoms with Crippen molar-refractivity contribution >= 4 is 11.6 Å². The van der Waals surface area contributed by atoms with E-state index >= 15 is 0 Å². The highest BCUT2D eigenvalue weighted by Crippen LogP contribution is 2.24. The summed E-state index contributed by atoms with van der Waals surface area (Å²) < 4.78 is 38.8. The van der Waals surface area contributed by atoms with Gasteiger partial charge in [0.1, 0.15) is 5.82 Å². The molecule has 0 saturated heterocycles. The van der Waals surface area contributed by atoms with Gasteiger partial charge >= 0.3 is 0 Å². The predicted octanol–water partition coefficient (Wildman–Crippen LogP) is 4.03. The molecule has 1 nitrogen and oxygen atoms in total. The van der Waals surface area contributed by atoms with Gasteiger partial charge < -0.3 is 5.11 Å². The highest BCUT2D eigenvalue weighted by atomic mass is 35.5. The van der Waals surface area contributed by atoms with Crippen LogP contribution in [0.1, 0.15) is 17.2 Å². The summed E-state index contributed by atoms with van der Waals surface area (Å²) >= 11 is 5.61. The van der Waals surface area contributed by atoms with Crippen LogP contribution in [-0.2, 0) is 6.42 Å². The number of halogens is 4. The first-order valence-corrected chi connectivity index (χ1v) is 5.92. The molecule has 0 aliphatic rings. The quantitative estimate of drug-likeness (QED) is 0.903. The summed E-state index contributed by atoms with van der Waals surface area (Å²) in [5, 5.41) is 9.86. The average Bonchev–Trinajstić information content (AvgIpc) is 2.37. The second-order valence-electron chi connectivity index (χ2n) is 4.14. The Kier molecular flexibility index (Phi) is 4.12. The number of hydrogen-bond acceptors (Lipinski definition) is 1. The van der Waals surface area contributed by atoms with Gasteiger partial charge in [0.05, 0.1) is 11.1 Å². The Morgan fingerprint density at radius 2 is 1.63 bits per heavy atom. The Morgan fingerprint density at radius 1 is 0.947 bits per heavy atom. The molecule has 0 amide bonds. The molecule has 0 bridgehead atoms. The summed E-state index contributed by atoms with van der Waals surface area (Å²) in [6.07, 6.45) is -0.887. The SMILES string of the molecule is OC(Cc1ccc(F)c(F)c1)c1ccc(F)c(Cl)c1. The molecule has 0 fully saturated rings. The molecule has 2 aromatic carbocycles. The molecule has 1 atom stereocenters. The minimum absolute atomic E-state index is 0.0825. The van der Waals surface area contributed by atoms with Gasteiger partial charge in [-0.3, -0.25) is 0 Å². The van der Waals surface area contributed by atoms with Gasteiger partial charge in [-0.05, 0) is 35.4 Å². The van der Waals surface area contributed by atoms with Crippen molar-refractivity contribution < 1.29 is 18.3 Å². The molecule has 0 saturated carbocycles. The van der Waals surface area contributed by atoms with Gasteiger partial charge in [0.2, 0.25) is 0 Å². The standard InChI is InChI=1S/C14H10ClF3O/c15-10-7-9(2-4-11(10)16)14(19)6-8-1-3-12(17)13(18)5-8/h1-5,7,14,19H,6H2. The average molecular weight is 287 g/mol. The smallest absolute Gasteiger partial charge is 0.159 e. The van der Waals surface area contributed by atoms with E-state index in [9.17, 15) is 18.3 Å². The fraction of sp³-hybridized carbons (Fsp3) is 0.143. The fourth-order valence-electron chi connectivity index (χ4n) is 1.73. The minimum atomic E-state index is -0.971. The first-order valence-electron chi connectivity index (χ1n) is 5.54. The van der Waals surface area contributed by atoms with Crippen molar-refractivity contribution in [3.63, 3.8) is 0 Å². The maximum atomic E-state index is 13.0. The Bertz CT molecular complexity index is 601. The summed E-state index contributed by atoms with van der Waals surface area (Å²) in [5.41, 5.74) is 0.850. The summed E-state index contributed by atoms with van der Waals surface area (Å²) in [5.74, 6) is -2.49. The van der Waals surface area contributed by atoms with Gasteiger partial charge in [0, 0.05) is 6.42 Å². The van der Waals surface area contributed by atoms with Crippen LogP contribution in [-0.4, -0.2) is 5.11 Å². The molecule has 100 valence electrons. The first-order chi connectivity index (χ1) is 8.97. The molecule has 5 heteroatoms. The maximum absolute atomic E-state index is 13.0. The molecular formula is C14H10ClF3O. The van der Waals surface area contributed by atoms with Crippen LogP contribution in [0.3, 0.4) is 0 Å². The molecule has 0 heterocycles. The van der Waals surface area contributed by atoms with Crippen molar-refractivity contribution in [3.8, 4) is 0 Å². The van der Waals surface area contributed by atoms with Crippen LogP contribution in [0.5, 0.6) is 0 Å². The molecule has 0 radical (unpaired) electrons. The van der Waals surface area contributed by atoms with Crippen LogP contribution in [0.15, 0.2) is 36.4 Å². The lowest BCUT2D eigenvalue weighted by Gasteiger charge is -2.12. The Morgan fingerprint density at radius 3 is 2.26 bits per heavy atom. The van der Waals surface area contributed by atoms with Crippen molar-refractivity contribution in [1.29, 1.82) is 0 Å². The van der Waals surface area contributed by atoms with Crippen LogP contribution in [0.4, 0.5) is 13.2 Å². The number of hydrogen-bond donors (Lipinski definition) is 1. The molecular weight excluding hydrogens is 277 g/mol. The third-order valence-corrected chi connectivity index (χ3v) is 3.03. The molecule has 19 heavy (non-hydrogen) atoms. The topological polar surface area (TPSA) is 20.2 Å². The zero-order chi connectivity index (χ0) is 14.0. The molecule has 1 N–H and O–H groups in total. The van der Waals surface area contributed by atoms with Crippen LogP contribution in [0, 0.1) is 17.5 Å². The Balaban J connectivity index is 2.17. The molecule has 0 spiro atoms. The zero-order valence-electron chi connectivity index (χ0n) is 9.71. The van der Waals surface area contributed by atoms with Gasteiger partial charge in [0.15, 0.2) is 11.6 Å². The molecule has 2 aromatic rings. The van der Waals surface area contributed by atoms with E-state index in [1.807, 2.05) is 0 Å². The summed E-state index contributed by atoms with van der Waals surface area (Å²) in [6.45, 7) is 0. The minimum Gasteiger partial charge on any atom is -0.388 e. The lowest BCUT2D eigenvalue weighted by molar-refractivity contribution is 0.178. The second kappa shape index (κ2) is 5.63. The van der Waals surface area contributed by atoms with E-state index in [2.05, 4.69) is 0 Å². The number of aliphatic hydroxyl groups excluding tert-OH is 1. The van der Waals surface area contributed by atoms with Gasteiger partial charge in [-0.15, -0.1) is 0 Å². The first kappa shape index (κ1) is 13.9. The van der Waals surface area contributed by atoms with Crippen LogP contribution < -0.4 is 0 Å². The van der Waals surface area contributed by atoms with Gasteiger partial charge in [-0.25, -0.2) is 13.2 Å². The van der Waals surface area contributed by atoms with E-state index in [0.29, 0.717) is 11.1 Å². The Labute approximate surface area is 113 Å². The second-order valence-corrected chi connectivity index (χ2v) is 4.55. The Hall–Kier alpha value is -1.52. The van der Waals surface area contributed by atoms with Crippen LogP contribution >= 0.6 is 11.6 Å². The van der Waals surface area contributed by atoms with Gasteiger partial charge in [-0.1, -0.05) is 23.7 Å². The monoisotopic (exact) mass is 286 g/mol. The lowest BCUT2D eigenvalue weighted by Crippen LogP contribution is -2.03. The summed E-state index contributed by atoms with van der Waals surface area (Å²) in [6, 6.07) is 7.24. The lowest BCUT2D eigenvalue weighted by atomic mass is 10.0. The van der Waals surface area contributed by atoms with E-state index in [0.717, 1.165) is 18.2 Å². The van der Waals surface area contributed by atoms with Crippen molar-refractivity contribution in [2.75, 3.05) is 0 Å². The third-order valence-electron chi connectivity index (χ3n) is 2.74. The van der Waals surface area contributed by atoms with Crippen molar-refractivity contribution in [3.05, 3.63) is 70.0 Å². The summed E-state index contributed by atoms with van der Waals surface area (Å²) in [7, 11) is 0. The van der Waals surface area contributed by atoms with E-state index in [-0.39, 0.29) is 11.4 Å². The van der Waals surface area contributed by atoms with Gasteiger partial charge in [-0.2, -0.15) is 0 Å². The third kappa shape index (κ3) is 3.28.